The van der Waals surface area contributed by atoms with Gasteiger partial charge in [0.15, 0.2) is 0 Å². The van der Waals surface area contributed by atoms with Gasteiger partial charge in [0.25, 0.3) is 0 Å². The molecular formula is C11H19F3N2O3. The summed E-state index contributed by atoms with van der Waals surface area (Å²) in [5.41, 5.74) is 0. The fraction of sp³-hybridized carbons (Fsp3) is 0.818. The summed E-state index contributed by atoms with van der Waals surface area (Å²) in [5, 5.41) is 10.9. The Hall–Kier alpha value is -1.47. The molecule has 0 bridgehead atoms. The number of amides is 2. The molecule has 0 aromatic carbocycles. The molecule has 2 amide bonds. The topological polar surface area (TPSA) is 69.6 Å². The fourth-order valence-corrected chi connectivity index (χ4v) is 1.45. The van der Waals surface area contributed by atoms with E-state index in [4.69, 9.17) is 5.11 Å². The molecular weight excluding hydrogens is 265 g/mol. The lowest BCUT2D eigenvalue weighted by Gasteiger charge is -2.29. The molecule has 0 aliphatic heterocycles. The molecule has 0 saturated heterocycles. The number of hydrogen-bond donors (Lipinski definition) is 2. The Balaban J connectivity index is 4.67. The summed E-state index contributed by atoms with van der Waals surface area (Å²) in [5.74, 6) is -1.11. The quantitative estimate of drug-likeness (QED) is 0.785. The van der Waals surface area contributed by atoms with Crippen LogP contribution in [0.5, 0.6) is 0 Å². The zero-order valence-electron chi connectivity index (χ0n) is 11.1. The van der Waals surface area contributed by atoms with Crippen LogP contribution in [0.15, 0.2) is 0 Å². The van der Waals surface area contributed by atoms with Crippen LogP contribution in [-0.2, 0) is 4.79 Å². The number of halogens is 3. The van der Waals surface area contributed by atoms with Crippen molar-refractivity contribution < 1.29 is 27.9 Å². The van der Waals surface area contributed by atoms with Crippen LogP contribution in [0.3, 0.4) is 0 Å². The smallest absolute Gasteiger partial charge is 0.406 e. The maximum atomic E-state index is 12.3. The van der Waals surface area contributed by atoms with E-state index in [9.17, 15) is 22.8 Å². The molecule has 0 aromatic heterocycles. The van der Waals surface area contributed by atoms with E-state index in [2.05, 4.69) is 5.32 Å². The molecule has 0 aliphatic carbocycles. The van der Waals surface area contributed by atoms with E-state index < -0.39 is 36.8 Å². The summed E-state index contributed by atoms with van der Waals surface area (Å²) >= 11 is 0. The van der Waals surface area contributed by atoms with E-state index in [0.717, 1.165) is 0 Å². The highest BCUT2D eigenvalue weighted by atomic mass is 19.4. The van der Waals surface area contributed by atoms with Crippen molar-refractivity contribution >= 4 is 12.0 Å². The van der Waals surface area contributed by atoms with Crippen LogP contribution in [0.1, 0.15) is 33.6 Å². The number of carboxylic acid groups (broad SMARTS) is 1. The van der Waals surface area contributed by atoms with Crippen molar-refractivity contribution in [1.82, 2.24) is 10.2 Å². The van der Waals surface area contributed by atoms with Gasteiger partial charge in [-0.3, -0.25) is 4.79 Å². The van der Waals surface area contributed by atoms with Crippen LogP contribution in [0.4, 0.5) is 18.0 Å². The van der Waals surface area contributed by atoms with Gasteiger partial charge in [-0.25, -0.2) is 4.79 Å². The summed E-state index contributed by atoms with van der Waals surface area (Å²) in [4.78, 5) is 22.9. The Bertz CT molecular complexity index is 319. The highest BCUT2D eigenvalue weighted by Gasteiger charge is 2.34. The molecule has 5 nitrogen and oxygen atoms in total. The average Bonchev–Trinajstić information content (AvgIpc) is 2.22. The Kier molecular flexibility index (Phi) is 6.64. The molecule has 19 heavy (non-hydrogen) atoms. The molecule has 0 heterocycles. The lowest BCUT2D eigenvalue weighted by Crippen LogP contribution is -2.51. The van der Waals surface area contributed by atoms with E-state index in [1.165, 1.54) is 13.8 Å². The Morgan fingerprint density at radius 1 is 1.32 bits per heavy atom. The van der Waals surface area contributed by atoms with Gasteiger partial charge < -0.3 is 15.3 Å². The van der Waals surface area contributed by atoms with Crippen molar-refractivity contribution in [3.8, 4) is 0 Å². The first-order valence-corrected chi connectivity index (χ1v) is 5.92. The van der Waals surface area contributed by atoms with Crippen LogP contribution in [0, 0.1) is 0 Å². The molecule has 1 unspecified atom stereocenters. The molecule has 2 N–H and O–H groups in total. The minimum atomic E-state index is -4.49. The number of hydrogen-bond acceptors (Lipinski definition) is 2. The van der Waals surface area contributed by atoms with Crippen LogP contribution in [0.2, 0.25) is 0 Å². The molecule has 1 atom stereocenters. The summed E-state index contributed by atoms with van der Waals surface area (Å²) in [7, 11) is 0. The monoisotopic (exact) mass is 284 g/mol. The third-order valence-electron chi connectivity index (χ3n) is 2.48. The predicted octanol–water partition coefficient (Wildman–Crippen LogP) is 2.22. The van der Waals surface area contributed by atoms with Crippen molar-refractivity contribution in [2.75, 3.05) is 6.54 Å². The number of aliphatic carboxylic acids is 1. The van der Waals surface area contributed by atoms with Crippen molar-refractivity contribution in [3.63, 3.8) is 0 Å². The van der Waals surface area contributed by atoms with Gasteiger partial charge in [-0.1, -0.05) is 6.92 Å². The number of alkyl halides is 3. The maximum Gasteiger partial charge on any atom is 0.406 e. The molecule has 0 rings (SSSR count). The number of carboxylic acids is 1. The standard InChI is InChI=1S/C11H19F3N2O3/c1-4-8(5-9(17)18)15-10(19)16(7(2)3)6-11(12,13)14/h7-8H,4-6H2,1-3H3,(H,15,19)(H,17,18). The summed E-state index contributed by atoms with van der Waals surface area (Å²) in [6.07, 6.45) is -4.48. The van der Waals surface area contributed by atoms with Crippen molar-refractivity contribution in [3.05, 3.63) is 0 Å². The zero-order chi connectivity index (χ0) is 15.2. The molecule has 112 valence electrons. The van der Waals surface area contributed by atoms with Gasteiger partial charge in [-0.15, -0.1) is 0 Å². The first-order chi connectivity index (χ1) is 8.56. The van der Waals surface area contributed by atoms with Crippen molar-refractivity contribution in [2.24, 2.45) is 0 Å². The molecule has 0 aliphatic rings. The lowest BCUT2D eigenvalue weighted by atomic mass is 10.1. The largest absolute Gasteiger partial charge is 0.481 e. The third-order valence-corrected chi connectivity index (χ3v) is 2.48. The van der Waals surface area contributed by atoms with Crippen molar-refractivity contribution in [2.45, 2.75) is 51.9 Å². The average molecular weight is 284 g/mol. The summed E-state index contributed by atoms with van der Waals surface area (Å²) in [6, 6.07) is -2.22. The van der Waals surface area contributed by atoms with E-state index in [-0.39, 0.29) is 6.42 Å². The second-order valence-corrected chi connectivity index (χ2v) is 4.49. The number of carbonyl (C=O) groups is 2. The number of carbonyl (C=O) groups excluding carboxylic acids is 1. The van der Waals surface area contributed by atoms with E-state index in [0.29, 0.717) is 11.3 Å². The van der Waals surface area contributed by atoms with Gasteiger partial charge in [0, 0.05) is 12.1 Å². The molecule has 0 saturated carbocycles. The van der Waals surface area contributed by atoms with E-state index in [1.807, 2.05) is 0 Å². The molecule has 0 aromatic rings. The third kappa shape index (κ3) is 7.53. The van der Waals surface area contributed by atoms with Crippen LogP contribution in [-0.4, -0.2) is 46.8 Å². The zero-order valence-corrected chi connectivity index (χ0v) is 11.1. The van der Waals surface area contributed by atoms with Gasteiger partial charge in [-0.05, 0) is 20.3 Å². The first-order valence-electron chi connectivity index (χ1n) is 5.92. The molecule has 8 heteroatoms. The Morgan fingerprint density at radius 3 is 2.16 bits per heavy atom. The van der Waals surface area contributed by atoms with Crippen LogP contribution < -0.4 is 5.32 Å². The summed E-state index contributed by atoms with van der Waals surface area (Å²) in [6.45, 7) is 3.21. The van der Waals surface area contributed by atoms with Gasteiger partial charge in [0.1, 0.15) is 6.54 Å². The van der Waals surface area contributed by atoms with Gasteiger partial charge in [0.05, 0.1) is 6.42 Å². The second kappa shape index (κ2) is 7.20. The fourth-order valence-electron chi connectivity index (χ4n) is 1.45. The minimum Gasteiger partial charge on any atom is -0.481 e. The van der Waals surface area contributed by atoms with Gasteiger partial charge in [0.2, 0.25) is 0 Å². The highest BCUT2D eigenvalue weighted by Crippen LogP contribution is 2.18. The number of nitrogens with zero attached hydrogens (tertiary/aromatic N) is 1. The summed E-state index contributed by atoms with van der Waals surface area (Å²) < 4.78 is 37.0. The lowest BCUT2D eigenvalue weighted by molar-refractivity contribution is -0.143. The molecule has 0 spiro atoms. The van der Waals surface area contributed by atoms with Crippen LogP contribution in [0.25, 0.3) is 0 Å². The molecule has 0 radical (unpaired) electrons. The van der Waals surface area contributed by atoms with Gasteiger partial charge in [-0.2, -0.15) is 13.2 Å². The van der Waals surface area contributed by atoms with Crippen LogP contribution >= 0.6 is 0 Å². The van der Waals surface area contributed by atoms with E-state index >= 15 is 0 Å². The minimum absolute atomic E-state index is 0.319. The van der Waals surface area contributed by atoms with Gasteiger partial charge >= 0.3 is 18.2 Å². The highest BCUT2D eigenvalue weighted by molar-refractivity contribution is 5.76. The number of rotatable bonds is 6. The maximum absolute atomic E-state index is 12.3. The normalized spacial score (nSPS) is 13.2. The molecule has 0 fully saturated rings. The number of nitrogens with one attached hydrogen (secondary N) is 1. The number of urea groups is 1. The predicted molar refractivity (Wildman–Crippen MR) is 62.8 cm³/mol. The Labute approximate surface area is 109 Å². The Morgan fingerprint density at radius 2 is 1.84 bits per heavy atom. The first kappa shape index (κ1) is 17.5. The SMILES string of the molecule is CCC(CC(=O)O)NC(=O)N(CC(F)(F)F)C(C)C. The second-order valence-electron chi connectivity index (χ2n) is 4.49. The van der Waals surface area contributed by atoms with E-state index in [1.54, 1.807) is 6.92 Å². The van der Waals surface area contributed by atoms with Crippen molar-refractivity contribution in [1.29, 1.82) is 0 Å².